The van der Waals surface area contributed by atoms with Gasteiger partial charge in [0.2, 0.25) is 5.91 Å². The molecule has 0 radical (unpaired) electrons. The Kier molecular flexibility index (Phi) is 5.68. The average Bonchev–Trinajstić information content (AvgIpc) is 3.07. The van der Waals surface area contributed by atoms with E-state index in [1.54, 1.807) is 20.0 Å². The molecule has 25 heavy (non-hydrogen) atoms. The highest BCUT2D eigenvalue weighted by atomic mass is 16.6. The fraction of sp³-hybridized carbons (Fsp3) is 0.438. The van der Waals surface area contributed by atoms with Gasteiger partial charge >= 0.3 is 5.69 Å². The molecule has 9 heteroatoms. The van der Waals surface area contributed by atoms with Crippen LogP contribution in [0.25, 0.3) is 0 Å². The molecule has 0 spiro atoms. The summed E-state index contributed by atoms with van der Waals surface area (Å²) in [6.45, 7) is 6.44. The van der Waals surface area contributed by atoms with Gasteiger partial charge < -0.3 is 10.6 Å². The monoisotopic (exact) mass is 346 g/mol. The van der Waals surface area contributed by atoms with E-state index in [1.165, 1.54) is 10.9 Å². The van der Waals surface area contributed by atoms with Crippen molar-refractivity contribution in [2.45, 2.75) is 32.7 Å². The number of carbonyl (C=O) groups is 1. The molecule has 2 heterocycles. The number of anilines is 1. The second kappa shape index (κ2) is 7.73. The Balaban J connectivity index is 1.78. The molecule has 0 aliphatic rings. The first-order chi connectivity index (χ1) is 11.8. The van der Waals surface area contributed by atoms with Crippen molar-refractivity contribution in [3.63, 3.8) is 0 Å². The van der Waals surface area contributed by atoms with Crippen molar-refractivity contribution in [3.8, 4) is 0 Å². The Morgan fingerprint density at radius 2 is 2.08 bits per heavy atom. The summed E-state index contributed by atoms with van der Waals surface area (Å²) in [7, 11) is 0. The van der Waals surface area contributed by atoms with Crippen molar-refractivity contribution in [2.75, 3.05) is 18.4 Å². The molecule has 2 N–H and O–H groups in total. The summed E-state index contributed by atoms with van der Waals surface area (Å²) in [6.07, 6.45) is 4.89. The maximum atomic E-state index is 12.3. The second-order valence-corrected chi connectivity index (χ2v) is 6.22. The molecule has 9 nitrogen and oxygen atoms in total. The largest absolute Gasteiger partial charge is 0.370 e. The molecule has 0 aromatic carbocycles. The lowest BCUT2D eigenvalue weighted by atomic mass is 10.1. The number of nitro groups is 1. The molecule has 134 valence electrons. The van der Waals surface area contributed by atoms with Crippen LogP contribution in [0.2, 0.25) is 0 Å². The van der Waals surface area contributed by atoms with Crippen LogP contribution in [-0.4, -0.2) is 38.7 Å². The minimum atomic E-state index is -1.01. The van der Waals surface area contributed by atoms with Gasteiger partial charge in [-0.05, 0) is 38.8 Å². The number of carbonyl (C=O) groups excluding carboxylic acids is 1. The Bertz CT molecular complexity index is 739. The SMILES string of the molecule is Cc1ccc(NCCCNC(=O)C(C)(C)n2cc([N+](=O)[O-])cn2)nc1. The number of hydrogen-bond donors (Lipinski definition) is 2. The van der Waals surface area contributed by atoms with Gasteiger partial charge in [-0.3, -0.25) is 19.6 Å². The highest BCUT2D eigenvalue weighted by molar-refractivity contribution is 5.83. The smallest absolute Gasteiger partial charge is 0.307 e. The first-order valence-electron chi connectivity index (χ1n) is 7.95. The number of hydrogen-bond acceptors (Lipinski definition) is 6. The van der Waals surface area contributed by atoms with Gasteiger partial charge in [-0.15, -0.1) is 0 Å². The van der Waals surface area contributed by atoms with Gasteiger partial charge in [0, 0.05) is 19.3 Å². The first-order valence-corrected chi connectivity index (χ1v) is 7.95. The highest BCUT2D eigenvalue weighted by Gasteiger charge is 2.31. The highest BCUT2D eigenvalue weighted by Crippen LogP contribution is 2.18. The molecule has 0 aliphatic heterocycles. The van der Waals surface area contributed by atoms with Crippen molar-refractivity contribution in [1.29, 1.82) is 0 Å². The molecule has 0 atom stereocenters. The van der Waals surface area contributed by atoms with Crippen molar-refractivity contribution in [1.82, 2.24) is 20.1 Å². The number of nitrogens with one attached hydrogen (secondary N) is 2. The summed E-state index contributed by atoms with van der Waals surface area (Å²) in [5.41, 5.74) is -0.0604. The maximum Gasteiger partial charge on any atom is 0.307 e. The Morgan fingerprint density at radius 1 is 1.32 bits per heavy atom. The molecule has 2 aromatic rings. The number of pyridine rings is 1. The van der Waals surface area contributed by atoms with Gasteiger partial charge in [-0.25, -0.2) is 4.98 Å². The zero-order valence-electron chi connectivity index (χ0n) is 14.5. The van der Waals surface area contributed by atoms with Gasteiger partial charge in [0.1, 0.15) is 23.8 Å². The zero-order valence-corrected chi connectivity index (χ0v) is 14.5. The van der Waals surface area contributed by atoms with Crippen LogP contribution in [0, 0.1) is 17.0 Å². The minimum Gasteiger partial charge on any atom is -0.370 e. The van der Waals surface area contributed by atoms with Crippen LogP contribution >= 0.6 is 0 Å². The number of aromatic nitrogens is 3. The molecule has 2 rings (SSSR count). The van der Waals surface area contributed by atoms with Gasteiger partial charge in [-0.1, -0.05) is 6.07 Å². The van der Waals surface area contributed by atoms with Gasteiger partial charge in [-0.2, -0.15) is 5.10 Å². The number of rotatable bonds is 8. The third-order valence-corrected chi connectivity index (χ3v) is 3.76. The van der Waals surface area contributed by atoms with E-state index in [2.05, 4.69) is 20.7 Å². The summed E-state index contributed by atoms with van der Waals surface area (Å²) in [5, 5.41) is 20.6. The zero-order chi connectivity index (χ0) is 18.4. The maximum absolute atomic E-state index is 12.3. The van der Waals surface area contributed by atoms with E-state index < -0.39 is 10.5 Å². The quantitative estimate of drug-likeness (QED) is 0.428. The Labute approximate surface area is 145 Å². The van der Waals surface area contributed by atoms with E-state index >= 15 is 0 Å². The molecule has 0 unspecified atom stereocenters. The van der Waals surface area contributed by atoms with E-state index in [0.717, 1.165) is 24.0 Å². The summed E-state index contributed by atoms with van der Waals surface area (Å²) >= 11 is 0. The standard InChI is InChI=1S/C16H22N6O3/c1-12-5-6-14(19-9-12)17-7-4-8-18-15(23)16(2,3)21-11-13(10-20-21)22(24)25/h5-6,9-11H,4,7-8H2,1-3H3,(H,17,19)(H,18,23). The van der Waals surface area contributed by atoms with Crippen LogP contribution in [0.4, 0.5) is 11.5 Å². The third kappa shape index (κ3) is 4.75. The van der Waals surface area contributed by atoms with E-state index in [9.17, 15) is 14.9 Å². The topological polar surface area (TPSA) is 115 Å². The second-order valence-electron chi connectivity index (χ2n) is 6.22. The molecule has 0 aliphatic carbocycles. The lowest BCUT2D eigenvalue weighted by molar-refractivity contribution is -0.385. The van der Waals surface area contributed by atoms with E-state index in [0.29, 0.717) is 13.1 Å². The molecule has 0 fully saturated rings. The van der Waals surface area contributed by atoms with Crippen LogP contribution < -0.4 is 10.6 Å². The lowest BCUT2D eigenvalue weighted by Crippen LogP contribution is -2.45. The van der Waals surface area contributed by atoms with E-state index in [4.69, 9.17) is 0 Å². The minimum absolute atomic E-state index is 0.143. The summed E-state index contributed by atoms with van der Waals surface area (Å²) in [6, 6.07) is 3.88. The first kappa shape index (κ1) is 18.4. The predicted octanol–water partition coefficient (Wildman–Crippen LogP) is 1.85. The van der Waals surface area contributed by atoms with Crippen molar-refractivity contribution in [2.24, 2.45) is 0 Å². The van der Waals surface area contributed by atoms with Crippen LogP contribution in [0.1, 0.15) is 25.8 Å². The Hall–Kier alpha value is -2.97. The van der Waals surface area contributed by atoms with Gasteiger partial charge in [0.15, 0.2) is 0 Å². The fourth-order valence-electron chi connectivity index (χ4n) is 2.11. The van der Waals surface area contributed by atoms with Crippen LogP contribution in [0.3, 0.4) is 0 Å². The third-order valence-electron chi connectivity index (χ3n) is 3.76. The molecule has 0 saturated carbocycles. The van der Waals surface area contributed by atoms with Gasteiger partial charge in [0.25, 0.3) is 0 Å². The van der Waals surface area contributed by atoms with Crippen molar-refractivity contribution < 1.29 is 9.72 Å². The van der Waals surface area contributed by atoms with Gasteiger partial charge in [0.05, 0.1) is 4.92 Å². The number of aryl methyl sites for hydroxylation is 1. The van der Waals surface area contributed by atoms with Crippen LogP contribution in [-0.2, 0) is 10.3 Å². The van der Waals surface area contributed by atoms with E-state index in [1.807, 2.05) is 19.1 Å². The predicted molar refractivity (Wildman–Crippen MR) is 93.3 cm³/mol. The van der Waals surface area contributed by atoms with Crippen molar-refractivity contribution >= 4 is 17.4 Å². The van der Waals surface area contributed by atoms with Crippen molar-refractivity contribution in [3.05, 3.63) is 46.4 Å². The summed E-state index contributed by atoms with van der Waals surface area (Å²) in [4.78, 5) is 26.8. The Morgan fingerprint density at radius 3 is 2.68 bits per heavy atom. The summed E-state index contributed by atoms with van der Waals surface area (Å²) < 4.78 is 1.30. The van der Waals surface area contributed by atoms with Crippen LogP contribution in [0.15, 0.2) is 30.7 Å². The normalized spacial score (nSPS) is 11.2. The summed E-state index contributed by atoms with van der Waals surface area (Å²) in [5.74, 6) is 0.542. The van der Waals surface area contributed by atoms with Crippen LogP contribution in [0.5, 0.6) is 0 Å². The molecule has 0 bridgehead atoms. The molecular formula is C16H22N6O3. The molecule has 0 saturated heterocycles. The number of nitrogens with zero attached hydrogens (tertiary/aromatic N) is 4. The number of amides is 1. The fourth-order valence-corrected chi connectivity index (χ4v) is 2.11. The molecule has 1 amide bonds. The molecule has 2 aromatic heterocycles. The molecular weight excluding hydrogens is 324 g/mol. The van der Waals surface area contributed by atoms with E-state index in [-0.39, 0.29) is 11.6 Å². The lowest BCUT2D eigenvalue weighted by Gasteiger charge is -2.23. The average molecular weight is 346 g/mol.